The van der Waals surface area contributed by atoms with Crippen molar-refractivity contribution in [3.05, 3.63) is 58.7 Å². The number of halogens is 1. The van der Waals surface area contributed by atoms with Gasteiger partial charge in [0.15, 0.2) is 0 Å². The van der Waals surface area contributed by atoms with Crippen molar-refractivity contribution in [2.24, 2.45) is 5.73 Å². The lowest BCUT2D eigenvalue weighted by molar-refractivity contribution is 0.293. The molecule has 0 spiro atoms. The predicted octanol–water partition coefficient (Wildman–Crippen LogP) is 3.33. The van der Waals surface area contributed by atoms with Gasteiger partial charge in [-0.3, -0.25) is 0 Å². The lowest BCUT2D eigenvalue weighted by Gasteiger charge is -2.09. The number of nitrogens with two attached hydrogens (primary N) is 1. The molecule has 1 aromatic carbocycles. The van der Waals surface area contributed by atoms with E-state index in [1.807, 2.05) is 43.3 Å². The van der Waals surface area contributed by atoms with E-state index in [1.165, 1.54) is 0 Å². The quantitative estimate of drug-likeness (QED) is 0.919. The van der Waals surface area contributed by atoms with Crippen LogP contribution in [-0.2, 0) is 6.61 Å². The Balaban J connectivity index is 2.04. The molecule has 2 aromatic rings. The third kappa shape index (κ3) is 3.45. The summed E-state index contributed by atoms with van der Waals surface area (Å²) in [4.78, 5) is 4.15. The van der Waals surface area contributed by atoms with Gasteiger partial charge in [-0.1, -0.05) is 23.7 Å². The highest BCUT2D eigenvalue weighted by Crippen LogP contribution is 2.17. The summed E-state index contributed by atoms with van der Waals surface area (Å²) >= 11 is 5.91. The molecule has 4 heteroatoms. The van der Waals surface area contributed by atoms with E-state index in [0.29, 0.717) is 17.5 Å². The first-order valence-corrected chi connectivity index (χ1v) is 6.12. The minimum absolute atomic E-state index is 0.0264. The van der Waals surface area contributed by atoms with E-state index < -0.39 is 0 Å². The Morgan fingerprint density at radius 3 is 2.89 bits per heavy atom. The van der Waals surface area contributed by atoms with E-state index >= 15 is 0 Å². The van der Waals surface area contributed by atoms with Crippen LogP contribution in [0.4, 0.5) is 0 Å². The molecule has 3 nitrogen and oxygen atoms in total. The summed E-state index contributed by atoms with van der Waals surface area (Å²) in [5, 5.41) is 0.702. The zero-order valence-corrected chi connectivity index (χ0v) is 10.9. The normalized spacial score (nSPS) is 12.2. The number of benzene rings is 1. The highest BCUT2D eigenvalue weighted by molar-refractivity contribution is 6.30. The Labute approximate surface area is 112 Å². The third-order valence-corrected chi connectivity index (χ3v) is 2.80. The average Bonchev–Trinajstić information content (AvgIpc) is 2.37. The molecule has 1 heterocycles. The fourth-order valence-electron chi connectivity index (χ4n) is 1.57. The van der Waals surface area contributed by atoms with E-state index in [1.54, 1.807) is 6.20 Å². The first-order chi connectivity index (χ1) is 8.65. The van der Waals surface area contributed by atoms with Gasteiger partial charge in [-0.05, 0) is 36.2 Å². The zero-order valence-electron chi connectivity index (χ0n) is 10.1. The lowest BCUT2D eigenvalue weighted by Crippen LogP contribution is -2.06. The van der Waals surface area contributed by atoms with E-state index in [9.17, 15) is 0 Å². The van der Waals surface area contributed by atoms with Crippen LogP contribution in [0.15, 0.2) is 42.6 Å². The molecule has 1 atom stereocenters. The Morgan fingerprint density at radius 1 is 1.33 bits per heavy atom. The molecular formula is C14H15ClN2O. The van der Waals surface area contributed by atoms with Gasteiger partial charge in [0.25, 0.3) is 0 Å². The maximum absolute atomic E-state index is 5.91. The van der Waals surface area contributed by atoms with Crippen molar-refractivity contribution < 1.29 is 4.74 Å². The molecule has 0 aliphatic heterocycles. The Bertz CT molecular complexity index is 529. The van der Waals surface area contributed by atoms with Crippen molar-refractivity contribution in [2.45, 2.75) is 19.6 Å². The monoisotopic (exact) mass is 262 g/mol. The molecule has 0 fully saturated rings. The summed E-state index contributed by atoms with van der Waals surface area (Å²) in [7, 11) is 0. The second kappa shape index (κ2) is 5.85. The Hall–Kier alpha value is -1.58. The summed E-state index contributed by atoms with van der Waals surface area (Å²) in [6.07, 6.45) is 1.70. The second-order valence-electron chi connectivity index (χ2n) is 4.13. The third-order valence-electron chi connectivity index (χ3n) is 2.56. The molecule has 2 N–H and O–H groups in total. The second-order valence-corrected chi connectivity index (χ2v) is 4.57. The molecule has 2 rings (SSSR count). The number of nitrogens with zero attached hydrogens (tertiary/aromatic N) is 1. The number of hydrogen-bond donors (Lipinski definition) is 1. The van der Waals surface area contributed by atoms with Gasteiger partial charge in [0.1, 0.15) is 6.61 Å². The van der Waals surface area contributed by atoms with E-state index in [-0.39, 0.29) is 6.04 Å². The van der Waals surface area contributed by atoms with E-state index in [0.717, 1.165) is 11.1 Å². The largest absolute Gasteiger partial charge is 0.473 e. The van der Waals surface area contributed by atoms with Crippen LogP contribution in [0.3, 0.4) is 0 Å². The fraction of sp³-hybridized carbons (Fsp3) is 0.214. The number of ether oxygens (including phenoxy) is 1. The van der Waals surface area contributed by atoms with Crippen molar-refractivity contribution in [2.75, 3.05) is 0 Å². The van der Waals surface area contributed by atoms with Gasteiger partial charge in [0.05, 0.1) is 0 Å². The first kappa shape index (κ1) is 12.9. The molecule has 18 heavy (non-hydrogen) atoms. The van der Waals surface area contributed by atoms with Crippen LogP contribution >= 0.6 is 11.6 Å². The van der Waals surface area contributed by atoms with Gasteiger partial charge in [0, 0.05) is 23.3 Å². The number of aromatic nitrogens is 1. The molecule has 0 aliphatic rings. The molecule has 0 saturated carbocycles. The first-order valence-electron chi connectivity index (χ1n) is 5.74. The van der Waals surface area contributed by atoms with Crippen molar-refractivity contribution >= 4 is 11.6 Å². The fourth-order valence-corrected chi connectivity index (χ4v) is 1.78. The van der Waals surface area contributed by atoms with Crippen LogP contribution in [0, 0.1) is 0 Å². The zero-order chi connectivity index (χ0) is 13.0. The number of hydrogen-bond acceptors (Lipinski definition) is 3. The maximum Gasteiger partial charge on any atom is 0.213 e. The predicted molar refractivity (Wildman–Crippen MR) is 72.6 cm³/mol. The number of rotatable bonds is 4. The van der Waals surface area contributed by atoms with Crippen LogP contribution in [0.1, 0.15) is 24.1 Å². The molecule has 0 amide bonds. The Morgan fingerprint density at radius 2 is 2.17 bits per heavy atom. The number of pyridine rings is 1. The minimum Gasteiger partial charge on any atom is -0.473 e. The lowest BCUT2D eigenvalue weighted by atomic mass is 10.1. The van der Waals surface area contributed by atoms with Gasteiger partial charge in [-0.15, -0.1) is 0 Å². The minimum atomic E-state index is -0.0264. The SMILES string of the molecule is CC(N)c1ccnc(OCc2cccc(Cl)c2)c1. The molecule has 1 aromatic heterocycles. The van der Waals surface area contributed by atoms with E-state index in [4.69, 9.17) is 22.1 Å². The average molecular weight is 263 g/mol. The van der Waals surface area contributed by atoms with Gasteiger partial charge < -0.3 is 10.5 Å². The summed E-state index contributed by atoms with van der Waals surface area (Å²) in [6.45, 7) is 2.37. The smallest absolute Gasteiger partial charge is 0.213 e. The molecular weight excluding hydrogens is 248 g/mol. The summed E-state index contributed by atoms with van der Waals surface area (Å²) in [6, 6.07) is 11.3. The molecule has 0 saturated heterocycles. The molecule has 94 valence electrons. The van der Waals surface area contributed by atoms with Gasteiger partial charge >= 0.3 is 0 Å². The van der Waals surface area contributed by atoms with Crippen molar-refractivity contribution in [3.8, 4) is 5.88 Å². The van der Waals surface area contributed by atoms with Gasteiger partial charge in [0.2, 0.25) is 5.88 Å². The highest BCUT2D eigenvalue weighted by Gasteiger charge is 2.03. The van der Waals surface area contributed by atoms with Crippen molar-refractivity contribution in [1.82, 2.24) is 4.98 Å². The van der Waals surface area contributed by atoms with Crippen LogP contribution in [0.5, 0.6) is 5.88 Å². The Kier molecular flexibility index (Phi) is 4.18. The van der Waals surface area contributed by atoms with Crippen molar-refractivity contribution in [1.29, 1.82) is 0 Å². The van der Waals surface area contributed by atoms with E-state index in [2.05, 4.69) is 4.98 Å². The standard InChI is InChI=1S/C14H15ClN2O/c1-10(16)12-5-6-17-14(8-12)18-9-11-3-2-4-13(15)7-11/h2-8,10H,9,16H2,1H3. The van der Waals surface area contributed by atoms with Crippen LogP contribution in [-0.4, -0.2) is 4.98 Å². The maximum atomic E-state index is 5.91. The summed E-state index contributed by atoms with van der Waals surface area (Å²) in [5.41, 5.74) is 7.82. The van der Waals surface area contributed by atoms with Crippen LogP contribution in [0.2, 0.25) is 5.02 Å². The topological polar surface area (TPSA) is 48.1 Å². The van der Waals surface area contributed by atoms with Crippen LogP contribution < -0.4 is 10.5 Å². The summed E-state index contributed by atoms with van der Waals surface area (Å²) in [5.74, 6) is 0.574. The molecule has 0 aliphatic carbocycles. The summed E-state index contributed by atoms with van der Waals surface area (Å²) < 4.78 is 5.61. The van der Waals surface area contributed by atoms with Crippen LogP contribution in [0.25, 0.3) is 0 Å². The van der Waals surface area contributed by atoms with Gasteiger partial charge in [-0.25, -0.2) is 4.98 Å². The van der Waals surface area contributed by atoms with Crippen molar-refractivity contribution in [3.63, 3.8) is 0 Å². The highest BCUT2D eigenvalue weighted by atomic mass is 35.5. The molecule has 0 bridgehead atoms. The molecule has 0 radical (unpaired) electrons. The molecule has 1 unspecified atom stereocenters. The van der Waals surface area contributed by atoms with Gasteiger partial charge in [-0.2, -0.15) is 0 Å².